The summed E-state index contributed by atoms with van der Waals surface area (Å²) in [5, 5.41) is 0. The molecule has 1 unspecified atom stereocenters. The fourth-order valence-electron chi connectivity index (χ4n) is 7.76. The van der Waals surface area contributed by atoms with Crippen molar-refractivity contribution < 1.29 is 28.6 Å². The van der Waals surface area contributed by atoms with Crippen molar-refractivity contribution in [2.75, 3.05) is 13.2 Å². The topological polar surface area (TPSA) is 78.9 Å². The average molecular weight is 871 g/mol. The molecule has 0 radical (unpaired) electrons. The van der Waals surface area contributed by atoms with E-state index in [9.17, 15) is 14.4 Å². The maximum absolute atomic E-state index is 12.7. The fourth-order valence-corrected chi connectivity index (χ4v) is 7.76. The highest BCUT2D eigenvalue weighted by atomic mass is 16.6. The van der Waals surface area contributed by atoms with Crippen LogP contribution in [0.3, 0.4) is 0 Å². The normalized spacial score (nSPS) is 12.2. The Morgan fingerprint density at radius 3 is 0.903 bits per heavy atom. The van der Waals surface area contributed by atoms with E-state index in [1.807, 2.05) is 0 Å². The van der Waals surface area contributed by atoms with E-state index in [2.05, 4.69) is 57.2 Å². The Kier molecular flexibility index (Phi) is 49.3. The van der Waals surface area contributed by atoms with Crippen molar-refractivity contribution in [1.29, 1.82) is 0 Å². The first kappa shape index (κ1) is 59.6. The molecule has 6 nitrogen and oxygen atoms in total. The maximum atomic E-state index is 12.7. The largest absolute Gasteiger partial charge is 0.462 e. The number of hydrogen-bond donors (Lipinski definition) is 0. The molecule has 0 saturated carbocycles. The molecule has 0 spiro atoms. The second-order valence-corrected chi connectivity index (χ2v) is 18.1. The summed E-state index contributed by atoms with van der Waals surface area (Å²) in [5.41, 5.74) is 0. The molecule has 0 bridgehead atoms. The van der Waals surface area contributed by atoms with E-state index in [0.717, 1.165) is 70.6 Å². The Bertz CT molecular complexity index is 1050. The van der Waals surface area contributed by atoms with Crippen molar-refractivity contribution in [3.8, 4) is 0 Å². The molecule has 0 fully saturated rings. The van der Waals surface area contributed by atoms with E-state index in [1.54, 1.807) is 0 Å². The monoisotopic (exact) mass is 871 g/mol. The van der Waals surface area contributed by atoms with Crippen molar-refractivity contribution in [3.05, 3.63) is 36.5 Å². The number of allylic oxidation sites excluding steroid dienone is 6. The number of rotatable bonds is 49. The van der Waals surface area contributed by atoms with Crippen LogP contribution in [-0.4, -0.2) is 37.2 Å². The molecule has 1 atom stereocenters. The molecule has 0 aromatic heterocycles. The van der Waals surface area contributed by atoms with Gasteiger partial charge in [-0.1, -0.05) is 224 Å². The van der Waals surface area contributed by atoms with Crippen LogP contribution in [0.4, 0.5) is 0 Å². The Hall–Kier alpha value is -2.37. The van der Waals surface area contributed by atoms with Crippen molar-refractivity contribution in [2.45, 2.75) is 290 Å². The predicted molar refractivity (Wildman–Crippen MR) is 266 cm³/mol. The van der Waals surface area contributed by atoms with Gasteiger partial charge in [0.05, 0.1) is 0 Å². The first-order valence-electron chi connectivity index (χ1n) is 27.0. The molecule has 0 aromatic carbocycles. The number of esters is 3. The van der Waals surface area contributed by atoms with Crippen LogP contribution < -0.4 is 0 Å². The molecule has 0 aliphatic carbocycles. The highest BCUT2D eigenvalue weighted by Crippen LogP contribution is 2.15. The van der Waals surface area contributed by atoms with Gasteiger partial charge in [0.15, 0.2) is 6.10 Å². The Labute approximate surface area is 385 Å². The van der Waals surface area contributed by atoms with Crippen molar-refractivity contribution in [2.24, 2.45) is 0 Å². The quantitative estimate of drug-likeness (QED) is 0.0262. The lowest BCUT2D eigenvalue weighted by Gasteiger charge is -2.18. The third kappa shape index (κ3) is 48.7. The Morgan fingerprint density at radius 1 is 0.323 bits per heavy atom. The number of carbonyl (C=O) groups excluding carboxylic acids is 3. The molecule has 0 saturated heterocycles. The minimum absolute atomic E-state index is 0.0746. The van der Waals surface area contributed by atoms with E-state index in [1.165, 1.54) is 173 Å². The highest BCUT2D eigenvalue weighted by molar-refractivity contribution is 5.71. The van der Waals surface area contributed by atoms with E-state index < -0.39 is 6.10 Å². The summed E-state index contributed by atoms with van der Waals surface area (Å²) in [5.74, 6) is -0.887. The SMILES string of the molecule is CCCCCCC/C=C\C/C=C\CCCCCCCCCCCC(=O)OCC(COC(=O)CCCCCCC)OC(=O)CCCCCCCCC/C=C\CCCCCCCCC. The van der Waals surface area contributed by atoms with Gasteiger partial charge in [0.2, 0.25) is 0 Å². The summed E-state index contributed by atoms with van der Waals surface area (Å²) in [6, 6.07) is 0. The third-order valence-corrected chi connectivity index (χ3v) is 11.9. The molecule has 362 valence electrons. The first-order valence-corrected chi connectivity index (χ1v) is 27.0. The zero-order valence-corrected chi connectivity index (χ0v) is 41.4. The minimum atomic E-state index is -0.770. The number of hydrogen-bond acceptors (Lipinski definition) is 6. The van der Waals surface area contributed by atoms with Gasteiger partial charge in [0.1, 0.15) is 13.2 Å². The number of ether oxygens (including phenoxy) is 3. The zero-order chi connectivity index (χ0) is 45.1. The summed E-state index contributed by atoms with van der Waals surface area (Å²) >= 11 is 0. The molecule has 0 aliphatic heterocycles. The molecule has 0 amide bonds. The second kappa shape index (κ2) is 51.3. The highest BCUT2D eigenvalue weighted by Gasteiger charge is 2.19. The third-order valence-electron chi connectivity index (χ3n) is 11.9. The summed E-state index contributed by atoms with van der Waals surface area (Å²) in [7, 11) is 0. The fraction of sp³-hybridized carbons (Fsp3) is 0.839. The lowest BCUT2D eigenvalue weighted by Crippen LogP contribution is -2.30. The second-order valence-electron chi connectivity index (χ2n) is 18.1. The van der Waals surface area contributed by atoms with Gasteiger partial charge in [-0.3, -0.25) is 14.4 Å². The summed E-state index contributed by atoms with van der Waals surface area (Å²) in [4.78, 5) is 37.7. The number of carbonyl (C=O) groups is 3. The minimum Gasteiger partial charge on any atom is -0.462 e. The van der Waals surface area contributed by atoms with Crippen molar-refractivity contribution in [3.63, 3.8) is 0 Å². The van der Waals surface area contributed by atoms with Crippen LogP contribution in [0.1, 0.15) is 284 Å². The van der Waals surface area contributed by atoms with Gasteiger partial charge >= 0.3 is 17.9 Å². The van der Waals surface area contributed by atoms with Crippen LogP contribution in [0.5, 0.6) is 0 Å². The predicted octanol–water partition coefficient (Wildman–Crippen LogP) is 17.7. The van der Waals surface area contributed by atoms with Gasteiger partial charge in [-0.15, -0.1) is 0 Å². The van der Waals surface area contributed by atoms with Gasteiger partial charge in [-0.25, -0.2) is 0 Å². The Balaban J connectivity index is 4.13. The number of unbranched alkanes of at least 4 members (excludes halogenated alkanes) is 32. The van der Waals surface area contributed by atoms with Crippen LogP contribution in [0.15, 0.2) is 36.5 Å². The summed E-state index contributed by atoms with van der Waals surface area (Å²) in [6.07, 6.45) is 60.3. The van der Waals surface area contributed by atoms with Crippen molar-refractivity contribution in [1.82, 2.24) is 0 Å². The molecule has 0 N–H and O–H groups in total. The molecule has 0 aromatic rings. The molecule has 6 heteroatoms. The van der Waals surface area contributed by atoms with Crippen LogP contribution >= 0.6 is 0 Å². The van der Waals surface area contributed by atoms with Gasteiger partial charge in [0, 0.05) is 19.3 Å². The Morgan fingerprint density at radius 2 is 0.581 bits per heavy atom. The van der Waals surface area contributed by atoms with Gasteiger partial charge in [-0.2, -0.15) is 0 Å². The van der Waals surface area contributed by atoms with Crippen molar-refractivity contribution >= 4 is 17.9 Å². The molecule has 0 heterocycles. The molecule has 0 aliphatic rings. The van der Waals surface area contributed by atoms with E-state index in [4.69, 9.17) is 14.2 Å². The van der Waals surface area contributed by atoms with Gasteiger partial charge < -0.3 is 14.2 Å². The standard InChI is InChI=1S/C56H102O6/c1-4-7-10-13-15-17-19-21-23-25-27-28-29-31-32-34-36-38-40-43-46-49-55(58)61-52-53(51-60-54(57)48-45-42-12-9-6-3)62-56(59)50-47-44-41-39-37-35-33-30-26-24-22-20-18-16-14-11-8-5-2/h19,21,24-27,53H,4-18,20,22-23,28-52H2,1-3H3/b21-19-,26-24-,27-25-. The van der Waals surface area contributed by atoms with E-state index in [-0.39, 0.29) is 31.1 Å². The first-order chi connectivity index (χ1) is 30.5. The molecular formula is C56H102O6. The lowest BCUT2D eigenvalue weighted by molar-refractivity contribution is -0.167. The summed E-state index contributed by atoms with van der Waals surface area (Å²) in [6.45, 7) is 6.56. The van der Waals surface area contributed by atoms with Crippen LogP contribution in [0.2, 0.25) is 0 Å². The van der Waals surface area contributed by atoms with Gasteiger partial charge in [0.25, 0.3) is 0 Å². The van der Waals surface area contributed by atoms with E-state index in [0.29, 0.717) is 19.3 Å². The molecule has 0 rings (SSSR count). The molecule has 62 heavy (non-hydrogen) atoms. The molecular weight excluding hydrogens is 769 g/mol. The summed E-state index contributed by atoms with van der Waals surface area (Å²) < 4.78 is 16.7. The van der Waals surface area contributed by atoms with Crippen LogP contribution in [0, 0.1) is 0 Å². The van der Waals surface area contributed by atoms with Crippen LogP contribution in [0.25, 0.3) is 0 Å². The average Bonchev–Trinajstić information content (AvgIpc) is 3.27. The van der Waals surface area contributed by atoms with Gasteiger partial charge in [-0.05, 0) is 77.0 Å². The van der Waals surface area contributed by atoms with E-state index >= 15 is 0 Å². The van der Waals surface area contributed by atoms with Crippen LogP contribution in [-0.2, 0) is 28.6 Å². The maximum Gasteiger partial charge on any atom is 0.306 e. The lowest BCUT2D eigenvalue weighted by atomic mass is 10.1. The smallest absolute Gasteiger partial charge is 0.306 e. The zero-order valence-electron chi connectivity index (χ0n) is 41.4.